The molecule has 1 aliphatic heterocycles. The van der Waals surface area contributed by atoms with Crippen LogP contribution in [0.3, 0.4) is 0 Å². The molecular weight excluding hydrogens is 338 g/mol. The lowest BCUT2D eigenvalue weighted by atomic mass is 9.99. The molecule has 0 radical (unpaired) electrons. The molecule has 6 nitrogen and oxygen atoms in total. The number of thioether (sulfide) groups is 1. The van der Waals surface area contributed by atoms with Crippen molar-refractivity contribution < 1.29 is 13.9 Å². The van der Waals surface area contributed by atoms with Gasteiger partial charge in [-0.3, -0.25) is 4.79 Å². The van der Waals surface area contributed by atoms with Gasteiger partial charge in [-0.2, -0.15) is 0 Å². The smallest absolute Gasteiger partial charge is 0.277 e. The van der Waals surface area contributed by atoms with E-state index in [0.29, 0.717) is 17.0 Å². The van der Waals surface area contributed by atoms with Crippen LogP contribution in [-0.2, 0) is 4.79 Å². The van der Waals surface area contributed by atoms with E-state index >= 15 is 0 Å². The molecule has 25 heavy (non-hydrogen) atoms. The highest BCUT2D eigenvalue weighted by molar-refractivity contribution is 8.00. The van der Waals surface area contributed by atoms with Crippen LogP contribution in [0.2, 0.25) is 0 Å². The van der Waals surface area contributed by atoms with Gasteiger partial charge in [0.2, 0.25) is 11.8 Å². The van der Waals surface area contributed by atoms with E-state index in [4.69, 9.17) is 9.15 Å². The Bertz CT molecular complexity index is 709. The van der Waals surface area contributed by atoms with Crippen LogP contribution < -0.4 is 4.74 Å². The van der Waals surface area contributed by atoms with E-state index in [1.54, 1.807) is 7.11 Å². The molecule has 1 unspecified atom stereocenters. The van der Waals surface area contributed by atoms with Gasteiger partial charge < -0.3 is 14.1 Å². The zero-order chi connectivity index (χ0) is 17.8. The Labute approximate surface area is 151 Å². The highest BCUT2D eigenvalue weighted by Crippen LogP contribution is 2.28. The second-order valence-electron chi connectivity index (χ2n) is 6.37. The summed E-state index contributed by atoms with van der Waals surface area (Å²) in [4.78, 5) is 14.5. The van der Waals surface area contributed by atoms with Crippen molar-refractivity contribution in [1.29, 1.82) is 0 Å². The number of piperidine rings is 1. The van der Waals surface area contributed by atoms with Gasteiger partial charge in [0.25, 0.3) is 5.22 Å². The zero-order valence-corrected chi connectivity index (χ0v) is 15.6. The molecule has 0 spiro atoms. The average Bonchev–Trinajstić information content (AvgIpc) is 3.10. The third-order valence-electron chi connectivity index (χ3n) is 4.46. The zero-order valence-electron chi connectivity index (χ0n) is 14.8. The molecule has 0 bridgehead atoms. The minimum absolute atomic E-state index is 0.140. The van der Waals surface area contributed by atoms with E-state index in [0.717, 1.165) is 37.2 Å². The number of carbonyl (C=O) groups is 1. The summed E-state index contributed by atoms with van der Waals surface area (Å²) < 4.78 is 10.8. The van der Waals surface area contributed by atoms with E-state index in [-0.39, 0.29) is 11.2 Å². The van der Waals surface area contributed by atoms with Gasteiger partial charge in [0.1, 0.15) is 5.75 Å². The van der Waals surface area contributed by atoms with E-state index in [2.05, 4.69) is 17.1 Å². The first-order valence-electron chi connectivity index (χ1n) is 8.50. The Morgan fingerprint density at radius 1 is 1.28 bits per heavy atom. The number of hydrogen-bond donors (Lipinski definition) is 0. The molecule has 1 amide bonds. The maximum absolute atomic E-state index is 12.6. The summed E-state index contributed by atoms with van der Waals surface area (Å²) in [6, 6.07) is 7.42. The van der Waals surface area contributed by atoms with Crippen molar-refractivity contribution in [3.63, 3.8) is 0 Å². The first-order valence-corrected chi connectivity index (χ1v) is 9.38. The quantitative estimate of drug-likeness (QED) is 0.760. The van der Waals surface area contributed by atoms with Gasteiger partial charge in [-0.25, -0.2) is 0 Å². The maximum Gasteiger partial charge on any atom is 0.277 e. The van der Waals surface area contributed by atoms with E-state index in [1.807, 2.05) is 36.1 Å². The van der Waals surface area contributed by atoms with Crippen LogP contribution in [0, 0.1) is 5.92 Å². The maximum atomic E-state index is 12.6. The van der Waals surface area contributed by atoms with Crippen LogP contribution in [0.15, 0.2) is 33.9 Å². The molecule has 3 rings (SSSR count). The number of likely N-dealkylation sites (tertiary alicyclic amines) is 1. The minimum Gasteiger partial charge on any atom is -0.497 e. The predicted octanol–water partition coefficient (Wildman–Crippen LogP) is 3.48. The molecule has 2 aromatic rings. The number of hydrogen-bond acceptors (Lipinski definition) is 6. The Morgan fingerprint density at radius 2 is 1.96 bits per heavy atom. The molecule has 1 fully saturated rings. The van der Waals surface area contributed by atoms with Crippen molar-refractivity contribution in [3.05, 3.63) is 24.3 Å². The van der Waals surface area contributed by atoms with Gasteiger partial charge in [-0.15, -0.1) is 10.2 Å². The van der Waals surface area contributed by atoms with Crippen LogP contribution >= 0.6 is 11.8 Å². The van der Waals surface area contributed by atoms with Gasteiger partial charge in [0.05, 0.1) is 12.4 Å². The number of aromatic nitrogens is 2. The molecule has 0 aliphatic carbocycles. The lowest BCUT2D eigenvalue weighted by Gasteiger charge is -2.31. The second-order valence-corrected chi connectivity index (χ2v) is 7.66. The average molecular weight is 361 g/mol. The number of methoxy groups -OCH3 is 1. The van der Waals surface area contributed by atoms with Crippen LogP contribution in [0.1, 0.15) is 26.7 Å². The second kappa shape index (κ2) is 7.91. The van der Waals surface area contributed by atoms with Crippen molar-refractivity contribution in [3.8, 4) is 17.2 Å². The Balaban J connectivity index is 1.61. The van der Waals surface area contributed by atoms with Crippen molar-refractivity contribution in [2.45, 2.75) is 37.2 Å². The summed E-state index contributed by atoms with van der Waals surface area (Å²) in [5.74, 6) is 2.06. The van der Waals surface area contributed by atoms with Gasteiger partial charge >= 0.3 is 0 Å². The molecule has 1 atom stereocenters. The van der Waals surface area contributed by atoms with Crippen molar-refractivity contribution in [2.75, 3.05) is 20.2 Å². The topological polar surface area (TPSA) is 68.5 Å². The summed E-state index contributed by atoms with van der Waals surface area (Å²) in [6.45, 7) is 5.80. The van der Waals surface area contributed by atoms with E-state index < -0.39 is 0 Å². The first-order chi connectivity index (χ1) is 12.1. The number of carbonyl (C=O) groups excluding carboxylic acids is 1. The Morgan fingerprint density at radius 3 is 2.60 bits per heavy atom. The number of amides is 1. The molecule has 0 N–H and O–H groups in total. The summed E-state index contributed by atoms with van der Waals surface area (Å²) >= 11 is 1.31. The normalized spacial score (nSPS) is 16.7. The van der Waals surface area contributed by atoms with Gasteiger partial charge in [-0.05, 0) is 49.9 Å². The number of rotatable bonds is 5. The molecular formula is C18H23N3O3S. The molecule has 1 saturated heterocycles. The minimum atomic E-state index is -0.238. The van der Waals surface area contributed by atoms with Crippen LogP contribution in [0.4, 0.5) is 0 Å². The molecule has 1 aliphatic rings. The predicted molar refractivity (Wildman–Crippen MR) is 96.6 cm³/mol. The third-order valence-corrected chi connectivity index (χ3v) is 5.39. The molecule has 1 aromatic heterocycles. The first kappa shape index (κ1) is 17.8. The SMILES string of the molecule is COc1ccc(-c2nnc(SC(C)C(=O)N3CCC(C)CC3)o2)cc1. The summed E-state index contributed by atoms with van der Waals surface area (Å²) in [5.41, 5.74) is 0.823. The van der Waals surface area contributed by atoms with Crippen molar-refractivity contribution in [2.24, 2.45) is 5.92 Å². The van der Waals surface area contributed by atoms with Gasteiger partial charge in [0, 0.05) is 18.7 Å². The Hall–Kier alpha value is -2.02. The fraction of sp³-hybridized carbons (Fsp3) is 0.500. The number of benzene rings is 1. The van der Waals surface area contributed by atoms with Crippen LogP contribution in [0.5, 0.6) is 5.75 Å². The van der Waals surface area contributed by atoms with Gasteiger partial charge in [0.15, 0.2) is 0 Å². The van der Waals surface area contributed by atoms with E-state index in [9.17, 15) is 4.79 Å². The fourth-order valence-electron chi connectivity index (χ4n) is 2.80. The lowest BCUT2D eigenvalue weighted by molar-refractivity contribution is -0.131. The molecule has 134 valence electrons. The highest BCUT2D eigenvalue weighted by atomic mass is 32.2. The van der Waals surface area contributed by atoms with Crippen molar-refractivity contribution >= 4 is 17.7 Å². The van der Waals surface area contributed by atoms with Crippen LogP contribution in [0.25, 0.3) is 11.5 Å². The van der Waals surface area contributed by atoms with E-state index in [1.165, 1.54) is 11.8 Å². The molecule has 0 saturated carbocycles. The standard InChI is InChI=1S/C18H23N3O3S/c1-12-8-10-21(11-9-12)17(22)13(2)25-18-20-19-16(24-18)14-4-6-15(23-3)7-5-14/h4-7,12-13H,8-11H2,1-3H3. The highest BCUT2D eigenvalue weighted by Gasteiger charge is 2.26. The van der Waals surface area contributed by atoms with Gasteiger partial charge in [-0.1, -0.05) is 18.7 Å². The molecule has 1 aromatic carbocycles. The molecule has 7 heteroatoms. The Kier molecular flexibility index (Phi) is 5.63. The summed E-state index contributed by atoms with van der Waals surface area (Å²) in [7, 11) is 1.62. The molecule has 2 heterocycles. The summed E-state index contributed by atoms with van der Waals surface area (Å²) in [5, 5.41) is 8.31. The summed E-state index contributed by atoms with van der Waals surface area (Å²) in [6.07, 6.45) is 2.15. The fourth-order valence-corrected chi connectivity index (χ4v) is 3.56. The van der Waals surface area contributed by atoms with Crippen molar-refractivity contribution in [1.82, 2.24) is 15.1 Å². The largest absolute Gasteiger partial charge is 0.497 e. The lowest BCUT2D eigenvalue weighted by Crippen LogP contribution is -2.41. The van der Waals surface area contributed by atoms with Crippen LogP contribution in [-0.4, -0.2) is 46.5 Å². The third kappa shape index (κ3) is 4.34. The number of ether oxygens (including phenoxy) is 1. The number of nitrogens with zero attached hydrogens (tertiary/aromatic N) is 3. The monoisotopic (exact) mass is 361 g/mol.